The predicted molar refractivity (Wildman–Crippen MR) is 52.3 cm³/mol. The van der Waals surface area contributed by atoms with Gasteiger partial charge in [-0.05, 0) is 12.1 Å². The summed E-state index contributed by atoms with van der Waals surface area (Å²) in [6.45, 7) is 1.57. The summed E-state index contributed by atoms with van der Waals surface area (Å²) < 4.78 is 9.47. The molecule has 1 heterocycles. The lowest BCUT2D eigenvalue weighted by Crippen LogP contribution is -2.35. The summed E-state index contributed by atoms with van der Waals surface area (Å²) >= 11 is 0. The van der Waals surface area contributed by atoms with E-state index in [2.05, 4.69) is 5.16 Å². The Morgan fingerprint density at radius 2 is 2.31 bits per heavy atom. The Kier molecular flexibility index (Phi) is 3.87. The molecule has 0 unspecified atom stereocenters. The molecule has 0 bridgehead atoms. The normalized spacial score (nSPS) is 9.88. The van der Waals surface area contributed by atoms with E-state index >= 15 is 0 Å². The molecule has 0 saturated carbocycles. The molecule has 1 N–H and O–H groups in total. The first-order chi connectivity index (χ1) is 7.58. The molecule has 0 aliphatic rings. The maximum Gasteiger partial charge on any atom is 0.323 e. The third-order valence-electron chi connectivity index (χ3n) is 1.90. The van der Waals surface area contributed by atoms with Gasteiger partial charge in [-0.1, -0.05) is 0 Å². The van der Waals surface area contributed by atoms with Crippen molar-refractivity contribution in [3.8, 4) is 5.88 Å². The fourth-order valence-electron chi connectivity index (χ4n) is 1.10. The van der Waals surface area contributed by atoms with Gasteiger partial charge in [0.05, 0.1) is 13.2 Å². The zero-order chi connectivity index (χ0) is 12.1. The van der Waals surface area contributed by atoms with E-state index in [-0.39, 0.29) is 24.7 Å². The fourth-order valence-corrected chi connectivity index (χ4v) is 1.10. The summed E-state index contributed by atoms with van der Waals surface area (Å²) in [6.07, 6.45) is 0. The fraction of sp³-hybridized carbons (Fsp3) is 0.444. The molecule has 1 rings (SSSR count). The topological polar surface area (TPSA) is 92.9 Å². The monoisotopic (exact) mass is 228 g/mol. The van der Waals surface area contributed by atoms with Crippen molar-refractivity contribution in [2.45, 2.75) is 6.92 Å². The smallest absolute Gasteiger partial charge is 0.323 e. The van der Waals surface area contributed by atoms with Gasteiger partial charge in [-0.25, -0.2) is 0 Å². The maximum atomic E-state index is 11.7. The number of methoxy groups -OCH3 is 1. The van der Waals surface area contributed by atoms with Crippen LogP contribution in [0.2, 0.25) is 0 Å². The maximum absolute atomic E-state index is 11.7. The first-order valence-electron chi connectivity index (χ1n) is 4.60. The Labute approximate surface area is 91.6 Å². The van der Waals surface area contributed by atoms with Gasteiger partial charge in [-0.3, -0.25) is 9.59 Å². The number of ether oxygens (including phenoxy) is 1. The van der Waals surface area contributed by atoms with Crippen LogP contribution in [0.1, 0.15) is 17.5 Å². The highest BCUT2D eigenvalue weighted by Crippen LogP contribution is 2.12. The number of amides is 1. The molecule has 16 heavy (non-hydrogen) atoms. The number of rotatable bonds is 5. The van der Waals surface area contributed by atoms with E-state index in [0.717, 1.165) is 4.90 Å². The Bertz CT molecular complexity index is 387. The van der Waals surface area contributed by atoms with Gasteiger partial charge in [0.2, 0.25) is 5.76 Å². The first kappa shape index (κ1) is 12.0. The van der Waals surface area contributed by atoms with Crippen molar-refractivity contribution in [2.75, 3.05) is 20.2 Å². The average molecular weight is 228 g/mol. The van der Waals surface area contributed by atoms with Crippen molar-refractivity contribution >= 4 is 11.9 Å². The lowest BCUT2D eigenvalue weighted by Gasteiger charge is -2.15. The van der Waals surface area contributed by atoms with Crippen LogP contribution in [0.3, 0.4) is 0 Å². The van der Waals surface area contributed by atoms with Gasteiger partial charge < -0.3 is 19.3 Å². The number of nitrogens with zero attached hydrogens (tertiary/aromatic N) is 2. The number of hydrogen-bond donors (Lipinski definition) is 1. The second kappa shape index (κ2) is 5.15. The van der Waals surface area contributed by atoms with Crippen LogP contribution in [0.4, 0.5) is 0 Å². The lowest BCUT2D eigenvalue weighted by molar-refractivity contribution is -0.137. The molecule has 1 aromatic rings. The summed E-state index contributed by atoms with van der Waals surface area (Å²) in [4.78, 5) is 23.3. The quantitative estimate of drug-likeness (QED) is 0.775. The standard InChI is InChI=1S/C9H12N2O5/c1-3-11(5-8(12)13)9(14)6-4-7(15-2)10-16-6/h4H,3,5H2,1-2H3,(H,12,13). The minimum Gasteiger partial charge on any atom is -0.480 e. The number of hydrogen-bond acceptors (Lipinski definition) is 5. The molecule has 0 aliphatic heterocycles. The Balaban J connectivity index is 2.78. The van der Waals surface area contributed by atoms with E-state index in [1.807, 2.05) is 0 Å². The molecule has 0 spiro atoms. The van der Waals surface area contributed by atoms with Crippen LogP contribution >= 0.6 is 0 Å². The van der Waals surface area contributed by atoms with E-state index in [1.54, 1.807) is 6.92 Å². The average Bonchev–Trinajstić information content (AvgIpc) is 2.73. The van der Waals surface area contributed by atoms with Crippen LogP contribution in [0.5, 0.6) is 5.88 Å². The van der Waals surface area contributed by atoms with Gasteiger partial charge in [0.1, 0.15) is 6.54 Å². The van der Waals surface area contributed by atoms with Crippen LogP contribution < -0.4 is 4.74 Å². The molecule has 0 saturated heterocycles. The number of carboxylic acids is 1. The molecule has 0 atom stereocenters. The lowest BCUT2D eigenvalue weighted by atomic mass is 10.3. The number of carbonyl (C=O) groups is 2. The molecule has 1 amide bonds. The Hall–Kier alpha value is -2.05. The minimum absolute atomic E-state index is 0.0417. The molecule has 7 heteroatoms. The van der Waals surface area contributed by atoms with Gasteiger partial charge in [0.25, 0.3) is 11.8 Å². The summed E-state index contributed by atoms with van der Waals surface area (Å²) in [5, 5.41) is 12.1. The predicted octanol–water partition coefficient (Wildman–Crippen LogP) is 0.230. The summed E-state index contributed by atoms with van der Waals surface area (Å²) in [5.41, 5.74) is 0. The van der Waals surface area contributed by atoms with E-state index in [1.165, 1.54) is 13.2 Å². The molecule has 7 nitrogen and oxygen atoms in total. The molecule has 0 fully saturated rings. The van der Waals surface area contributed by atoms with Gasteiger partial charge in [0.15, 0.2) is 0 Å². The number of likely N-dealkylation sites (N-methyl/N-ethyl adjacent to an activating group) is 1. The number of carbonyl (C=O) groups excluding carboxylic acids is 1. The number of carboxylic acid groups (broad SMARTS) is 1. The van der Waals surface area contributed by atoms with Gasteiger partial charge in [-0.2, -0.15) is 0 Å². The molecule has 1 aromatic heterocycles. The molecular formula is C9H12N2O5. The third-order valence-corrected chi connectivity index (χ3v) is 1.90. The van der Waals surface area contributed by atoms with E-state index in [0.29, 0.717) is 0 Å². The zero-order valence-corrected chi connectivity index (χ0v) is 8.97. The van der Waals surface area contributed by atoms with Crippen molar-refractivity contribution in [3.63, 3.8) is 0 Å². The SMILES string of the molecule is CCN(CC(=O)O)C(=O)c1cc(OC)no1. The van der Waals surface area contributed by atoms with Crippen LogP contribution in [0.25, 0.3) is 0 Å². The highest BCUT2D eigenvalue weighted by atomic mass is 16.5. The van der Waals surface area contributed by atoms with Gasteiger partial charge in [-0.15, -0.1) is 0 Å². The van der Waals surface area contributed by atoms with E-state index in [9.17, 15) is 9.59 Å². The van der Waals surface area contributed by atoms with Crippen molar-refractivity contribution in [1.82, 2.24) is 10.1 Å². The second-order valence-corrected chi connectivity index (χ2v) is 2.95. The highest BCUT2D eigenvalue weighted by Gasteiger charge is 2.21. The molecule has 0 aliphatic carbocycles. The second-order valence-electron chi connectivity index (χ2n) is 2.95. The van der Waals surface area contributed by atoms with E-state index < -0.39 is 11.9 Å². The number of aliphatic carboxylic acids is 1. The van der Waals surface area contributed by atoms with Crippen LogP contribution in [-0.4, -0.2) is 47.2 Å². The van der Waals surface area contributed by atoms with E-state index in [4.69, 9.17) is 14.4 Å². The van der Waals surface area contributed by atoms with Gasteiger partial charge in [0, 0.05) is 6.54 Å². The van der Waals surface area contributed by atoms with Crippen LogP contribution in [-0.2, 0) is 4.79 Å². The highest BCUT2D eigenvalue weighted by molar-refractivity contribution is 5.93. The summed E-state index contributed by atoms with van der Waals surface area (Å²) in [5.74, 6) is -1.47. The number of aromatic nitrogens is 1. The van der Waals surface area contributed by atoms with Crippen molar-refractivity contribution in [3.05, 3.63) is 11.8 Å². The van der Waals surface area contributed by atoms with Crippen molar-refractivity contribution < 1.29 is 24.0 Å². The van der Waals surface area contributed by atoms with Crippen molar-refractivity contribution in [2.24, 2.45) is 0 Å². The zero-order valence-electron chi connectivity index (χ0n) is 8.97. The molecule has 88 valence electrons. The summed E-state index contributed by atoms with van der Waals surface area (Å²) in [6, 6.07) is 1.31. The van der Waals surface area contributed by atoms with Crippen molar-refractivity contribution in [1.29, 1.82) is 0 Å². The minimum atomic E-state index is -1.08. The van der Waals surface area contributed by atoms with Crippen LogP contribution in [0, 0.1) is 0 Å². The van der Waals surface area contributed by atoms with Gasteiger partial charge >= 0.3 is 5.97 Å². The first-order valence-corrected chi connectivity index (χ1v) is 4.60. The molecular weight excluding hydrogens is 216 g/mol. The molecule has 0 aromatic carbocycles. The van der Waals surface area contributed by atoms with Crippen LogP contribution in [0.15, 0.2) is 10.6 Å². The third kappa shape index (κ3) is 2.72. The molecule has 0 radical (unpaired) electrons. The Morgan fingerprint density at radius 1 is 1.62 bits per heavy atom. The Morgan fingerprint density at radius 3 is 2.75 bits per heavy atom. The largest absolute Gasteiger partial charge is 0.480 e. The summed E-state index contributed by atoms with van der Waals surface area (Å²) in [7, 11) is 1.39.